The fourth-order valence-corrected chi connectivity index (χ4v) is 1.93. The highest BCUT2D eigenvalue weighted by molar-refractivity contribution is 5.17. The zero-order valence-corrected chi connectivity index (χ0v) is 9.92. The predicted octanol–water partition coefficient (Wildman–Crippen LogP) is 2.94. The molecule has 0 radical (unpaired) electrons. The van der Waals surface area contributed by atoms with Gasteiger partial charge in [-0.3, -0.25) is 0 Å². The maximum absolute atomic E-state index is 5.82. The van der Waals surface area contributed by atoms with Crippen LogP contribution in [0.25, 0.3) is 0 Å². The van der Waals surface area contributed by atoms with Crippen LogP contribution in [0.4, 0.5) is 0 Å². The van der Waals surface area contributed by atoms with Crippen molar-refractivity contribution in [1.29, 1.82) is 0 Å². The van der Waals surface area contributed by atoms with Crippen molar-refractivity contribution in [2.75, 3.05) is 6.54 Å². The second-order valence-corrected chi connectivity index (χ2v) is 4.98. The zero-order valence-electron chi connectivity index (χ0n) is 9.92. The number of rotatable bonds is 5. The molecule has 0 aliphatic heterocycles. The number of nitrogens with one attached hydrogen (secondary N) is 1. The molecule has 1 aromatic heterocycles. The first-order valence-electron chi connectivity index (χ1n) is 5.99. The number of hydrogen-bond donors (Lipinski definition) is 1. The quantitative estimate of drug-likeness (QED) is 0.803. The lowest BCUT2D eigenvalue weighted by molar-refractivity contribution is 0.451. The van der Waals surface area contributed by atoms with Gasteiger partial charge in [0.15, 0.2) is 0 Å². The second-order valence-electron chi connectivity index (χ2n) is 4.98. The minimum atomic E-state index is 0.558. The van der Waals surface area contributed by atoms with E-state index < -0.39 is 0 Å². The zero-order chi connectivity index (χ0) is 10.8. The molecular formula is C13H21NO. The first-order valence-corrected chi connectivity index (χ1v) is 5.99. The van der Waals surface area contributed by atoms with Gasteiger partial charge in [0.05, 0.1) is 0 Å². The molecule has 2 atom stereocenters. The van der Waals surface area contributed by atoms with E-state index >= 15 is 0 Å². The normalized spacial score (nSPS) is 24.8. The first-order chi connectivity index (χ1) is 7.16. The van der Waals surface area contributed by atoms with E-state index in [1.165, 1.54) is 12.2 Å². The molecule has 0 spiro atoms. The van der Waals surface area contributed by atoms with Crippen molar-refractivity contribution in [3.8, 4) is 0 Å². The van der Waals surface area contributed by atoms with E-state index in [9.17, 15) is 0 Å². The average molecular weight is 207 g/mol. The molecule has 0 bridgehead atoms. The molecule has 1 saturated carbocycles. The van der Waals surface area contributed by atoms with Gasteiger partial charge in [-0.25, -0.2) is 0 Å². The lowest BCUT2D eigenvalue weighted by Gasteiger charge is -2.05. The number of furan rings is 1. The molecule has 1 heterocycles. The van der Waals surface area contributed by atoms with Gasteiger partial charge >= 0.3 is 0 Å². The highest BCUT2D eigenvalue weighted by Crippen LogP contribution is 2.47. The summed E-state index contributed by atoms with van der Waals surface area (Å²) < 4.78 is 5.82. The van der Waals surface area contributed by atoms with Crippen LogP contribution in [0.5, 0.6) is 0 Å². The summed E-state index contributed by atoms with van der Waals surface area (Å²) in [5, 5.41) is 3.40. The summed E-state index contributed by atoms with van der Waals surface area (Å²) in [5.41, 5.74) is 0. The monoisotopic (exact) mass is 207 g/mol. The predicted molar refractivity (Wildman–Crippen MR) is 62.1 cm³/mol. The summed E-state index contributed by atoms with van der Waals surface area (Å²) in [6.07, 6.45) is 2.30. The van der Waals surface area contributed by atoms with Crippen LogP contribution in [-0.4, -0.2) is 12.6 Å². The Morgan fingerprint density at radius 3 is 2.80 bits per heavy atom. The minimum Gasteiger partial charge on any atom is -0.466 e. The van der Waals surface area contributed by atoms with Gasteiger partial charge in [0.2, 0.25) is 0 Å². The van der Waals surface area contributed by atoms with E-state index in [0.717, 1.165) is 24.6 Å². The molecular weight excluding hydrogens is 186 g/mol. The van der Waals surface area contributed by atoms with E-state index in [0.29, 0.717) is 12.0 Å². The summed E-state index contributed by atoms with van der Waals surface area (Å²) in [4.78, 5) is 0. The van der Waals surface area contributed by atoms with E-state index in [-0.39, 0.29) is 0 Å². The van der Waals surface area contributed by atoms with E-state index in [1.54, 1.807) is 0 Å². The summed E-state index contributed by atoms with van der Waals surface area (Å²) in [6, 6.07) is 4.84. The Balaban J connectivity index is 1.80. The third-order valence-electron chi connectivity index (χ3n) is 3.08. The van der Waals surface area contributed by atoms with Crippen molar-refractivity contribution in [3.05, 3.63) is 23.7 Å². The van der Waals surface area contributed by atoms with Crippen LogP contribution in [0.2, 0.25) is 0 Å². The van der Waals surface area contributed by atoms with E-state index in [2.05, 4.69) is 38.2 Å². The van der Waals surface area contributed by atoms with Gasteiger partial charge in [-0.2, -0.15) is 0 Å². The maximum Gasteiger partial charge on any atom is 0.107 e. The Labute approximate surface area is 92.1 Å². The Kier molecular flexibility index (Phi) is 3.15. The fraction of sp³-hybridized carbons (Fsp3) is 0.692. The van der Waals surface area contributed by atoms with Crippen LogP contribution in [-0.2, 0) is 6.42 Å². The highest BCUT2D eigenvalue weighted by atomic mass is 16.3. The Morgan fingerprint density at radius 1 is 1.47 bits per heavy atom. The van der Waals surface area contributed by atoms with Crippen molar-refractivity contribution in [2.24, 2.45) is 5.92 Å². The van der Waals surface area contributed by atoms with Crippen molar-refractivity contribution < 1.29 is 4.42 Å². The molecule has 15 heavy (non-hydrogen) atoms. The molecule has 1 fully saturated rings. The largest absolute Gasteiger partial charge is 0.466 e. The van der Waals surface area contributed by atoms with Crippen molar-refractivity contribution in [2.45, 2.75) is 45.6 Å². The van der Waals surface area contributed by atoms with Crippen LogP contribution in [0, 0.1) is 5.92 Å². The van der Waals surface area contributed by atoms with Crippen LogP contribution >= 0.6 is 0 Å². The maximum atomic E-state index is 5.82. The molecule has 0 saturated heterocycles. The molecule has 2 unspecified atom stereocenters. The van der Waals surface area contributed by atoms with Crippen LogP contribution in [0.15, 0.2) is 16.5 Å². The third-order valence-corrected chi connectivity index (χ3v) is 3.08. The van der Waals surface area contributed by atoms with Crippen LogP contribution < -0.4 is 5.32 Å². The van der Waals surface area contributed by atoms with E-state index in [1.807, 2.05) is 0 Å². The molecule has 2 rings (SSSR count). The summed E-state index contributed by atoms with van der Waals surface area (Å²) in [7, 11) is 0. The highest BCUT2D eigenvalue weighted by Gasteiger charge is 2.36. The second kappa shape index (κ2) is 4.40. The molecule has 2 heteroatoms. The Bertz CT molecular complexity index is 316. The molecule has 1 aliphatic rings. The molecule has 84 valence electrons. The van der Waals surface area contributed by atoms with Gasteiger partial charge in [0.1, 0.15) is 11.5 Å². The van der Waals surface area contributed by atoms with Gasteiger partial charge in [0, 0.05) is 24.9 Å². The van der Waals surface area contributed by atoms with Crippen molar-refractivity contribution in [1.82, 2.24) is 5.32 Å². The molecule has 1 aromatic rings. The lowest BCUT2D eigenvalue weighted by Crippen LogP contribution is -2.24. The number of hydrogen-bond acceptors (Lipinski definition) is 2. The van der Waals surface area contributed by atoms with Gasteiger partial charge < -0.3 is 9.73 Å². The van der Waals surface area contributed by atoms with Gasteiger partial charge in [-0.1, -0.05) is 20.8 Å². The Morgan fingerprint density at radius 2 is 2.20 bits per heavy atom. The topological polar surface area (TPSA) is 25.2 Å². The summed E-state index contributed by atoms with van der Waals surface area (Å²) >= 11 is 0. The van der Waals surface area contributed by atoms with Gasteiger partial charge in [-0.15, -0.1) is 0 Å². The average Bonchev–Trinajstić information content (AvgIpc) is 2.73. The first kappa shape index (κ1) is 10.7. The van der Waals surface area contributed by atoms with E-state index in [4.69, 9.17) is 4.42 Å². The molecule has 1 N–H and O–H groups in total. The van der Waals surface area contributed by atoms with Crippen molar-refractivity contribution in [3.63, 3.8) is 0 Å². The minimum absolute atomic E-state index is 0.558. The lowest BCUT2D eigenvalue weighted by atomic mass is 10.2. The van der Waals surface area contributed by atoms with Crippen LogP contribution in [0.3, 0.4) is 0 Å². The third kappa shape index (κ3) is 2.85. The molecule has 2 nitrogen and oxygen atoms in total. The van der Waals surface area contributed by atoms with Crippen molar-refractivity contribution >= 4 is 0 Å². The molecule has 0 aromatic carbocycles. The van der Waals surface area contributed by atoms with Gasteiger partial charge in [0.25, 0.3) is 0 Å². The molecule has 1 aliphatic carbocycles. The molecule has 0 amide bonds. The smallest absolute Gasteiger partial charge is 0.107 e. The van der Waals surface area contributed by atoms with Crippen LogP contribution in [0.1, 0.15) is 44.6 Å². The SMILES string of the molecule is CC(C)NCCc1ccc(C2CC2C)o1. The summed E-state index contributed by atoms with van der Waals surface area (Å²) in [6.45, 7) is 7.62. The fourth-order valence-electron chi connectivity index (χ4n) is 1.93. The standard InChI is InChI=1S/C13H21NO/c1-9(2)14-7-6-11-4-5-13(15-11)12-8-10(12)3/h4-5,9-10,12,14H,6-8H2,1-3H3. The van der Waals surface area contributed by atoms with Gasteiger partial charge in [-0.05, 0) is 24.5 Å². The summed E-state index contributed by atoms with van der Waals surface area (Å²) in [5.74, 6) is 3.86. The Hall–Kier alpha value is -0.760.